The lowest BCUT2D eigenvalue weighted by molar-refractivity contribution is -0.0979. The van der Waals surface area contributed by atoms with Crippen LogP contribution in [0, 0.1) is 26.2 Å². The number of anilines is 1. The van der Waals surface area contributed by atoms with Gasteiger partial charge in [0, 0.05) is 24.2 Å². The Hall–Kier alpha value is -1.26. The van der Waals surface area contributed by atoms with Crippen LogP contribution in [0.15, 0.2) is 6.07 Å². The number of ether oxygens (including phenoxy) is 2. The van der Waals surface area contributed by atoms with Gasteiger partial charge in [0.1, 0.15) is 5.75 Å². The van der Waals surface area contributed by atoms with Crippen molar-refractivity contribution in [2.75, 3.05) is 38.7 Å². The average molecular weight is 264 g/mol. The Morgan fingerprint density at radius 3 is 2.47 bits per heavy atom. The lowest BCUT2D eigenvalue weighted by Gasteiger charge is -2.41. The van der Waals surface area contributed by atoms with Crippen LogP contribution in [0.1, 0.15) is 16.7 Å². The Morgan fingerprint density at radius 2 is 2.00 bits per heavy atom. The second-order valence-electron chi connectivity index (χ2n) is 5.57. The van der Waals surface area contributed by atoms with Gasteiger partial charge in [0.2, 0.25) is 0 Å². The van der Waals surface area contributed by atoms with Gasteiger partial charge in [0.25, 0.3) is 0 Å². The summed E-state index contributed by atoms with van der Waals surface area (Å²) in [4.78, 5) is 0. The van der Waals surface area contributed by atoms with Crippen LogP contribution in [0.4, 0.5) is 5.69 Å². The molecule has 4 heteroatoms. The van der Waals surface area contributed by atoms with E-state index in [2.05, 4.69) is 32.2 Å². The Balaban J connectivity index is 2.17. The predicted octanol–water partition coefficient (Wildman–Crippen LogP) is 2.01. The zero-order valence-corrected chi connectivity index (χ0v) is 12.3. The van der Waals surface area contributed by atoms with Crippen molar-refractivity contribution in [2.24, 2.45) is 11.1 Å². The van der Waals surface area contributed by atoms with Gasteiger partial charge < -0.3 is 20.5 Å². The van der Waals surface area contributed by atoms with E-state index in [4.69, 9.17) is 15.2 Å². The quantitative estimate of drug-likeness (QED) is 0.854. The van der Waals surface area contributed by atoms with Gasteiger partial charge in [-0.15, -0.1) is 0 Å². The Morgan fingerprint density at radius 1 is 1.32 bits per heavy atom. The van der Waals surface area contributed by atoms with E-state index in [1.807, 2.05) is 0 Å². The first-order chi connectivity index (χ1) is 9.03. The van der Waals surface area contributed by atoms with Crippen molar-refractivity contribution in [1.82, 2.24) is 0 Å². The number of methoxy groups -OCH3 is 1. The van der Waals surface area contributed by atoms with E-state index >= 15 is 0 Å². The van der Waals surface area contributed by atoms with Crippen LogP contribution < -0.4 is 15.8 Å². The first-order valence-electron chi connectivity index (χ1n) is 6.69. The number of benzene rings is 1. The molecular formula is C15H24N2O2. The zero-order valence-electron chi connectivity index (χ0n) is 12.3. The molecule has 0 radical (unpaired) electrons. The lowest BCUT2D eigenvalue weighted by atomic mass is 9.86. The summed E-state index contributed by atoms with van der Waals surface area (Å²) in [5.74, 6) is 0.976. The van der Waals surface area contributed by atoms with Crippen LogP contribution in [0.25, 0.3) is 0 Å². The standard InChI is InChI=1S/C15H24N2O2/c1-10-5-13(11(2)12(3)14(10)18-4)17-7-15(6-16)8-19-9-15/h5,17H,6-9,16H2,1-4H3. The fourth-order valence-electron chi connectivity index (χ4n) is 2.52. The highest BCUT2D eigenvalue weighted by molar-refractivity contribution is 5.61. The average Bonchev–Trinajstić information content (AvgIpc) is 2.35. The molecule has 1 aromatic carbocycles. The molecule has 19 heavy (non-hydrogen) atoms. The first kappa shape index (κ1) is 14.2. The number of hydrogen-bond acceptors (Lipinski definition) is 4. The largest absolute Gasteiger partial charge is 0.496 e. The highest BCUT2D eigenvalue weighted by Crippen LogP contribution is 2.33. The van der Waals surface area contributed by atoms with Crippen molar-refractivity contribution in [3.8, 4) is 5.75 Å². The maximum atomic E-state index is 5.84. The third-order valence-electron chi connectivity index (χ3n) is 4.13. The number of nitrogens with one attached hydrogen (secondary N) is 1. The monoisotopic (exact) mass is 264 g/mol. The highest BCUT2D eigenvalue weighted by atomic mass is 16.5. The van der Waals surface area contributed by atoms with Crippen molar-refractivity contribution >= 4 is 5.69 Å². The molecule has 0 spiro atoms. The molecule has 1 saturated heterocycles. The van der Waals surface area contributed by atoms with Gasteiger partial charge in [0.15, 0.2) is 0 Å². The molecular weight excluding hydrogens is 240 g/mol. The molecule has 2 rings (SSSR count). The minimum absolute atomic E-state index is 0.105. The molecule has 3 N–H and O–H groups in total. The number of hydrogen-bond donors (Lipinski definition) is 2. The Labute approximate surface area is 115 Å². The number of nitrogens with two attached hydrogens (primary N) is 1. The normalized spacial score (nSPS) is 16.9. The summed E-state index contributed by atoms with van der Waals surface area (Å²) in [5, 5.41) is 3.52. The van der Waals surface area contributed by atoms with Crippen molar-refractivity contribution in [2.45, 2.75) is 20.8 Å². The van der Waals surface area contributed by atoms with E-state index < -0.39 is 0 Å². The minimum Gasteiger partial charge on any atom is -0.496 e. The molecule has 1 fully saturated rings. The van der Waals surface area contributed by atoms with E-state index in [9.17, 15) is 0 Å². The van der Waals surface area contributed by atoms with E-state index in [0.717, 1.165) is 36.8 Å². The Bertz CT molecular complexity index is 462. The molecule has 0 saturated carbocycles. The molecule has 0 bridgehead atoms. The maximum absolute atomic E-state index is 5.84. The van der Waals surface area contributed by atoms with Gasteiger partial charge in [-0.1, -0.05) is 0 Å². The third kappa shape index (κ3) is 2.55. The van der Waals surface area contributed by atoms with E-state index in [1.54, 1.807) is 7.11 Å². The van der Waals surface area contributed by atoms with Crippen LogP contribution in [-0.4, -0.2) is 33.4 Å². The molecule has 4 nitrogen and oxygen atoms in total. The van der Waals surface area contributed by atoms with Crippen molar-refractivity contribution < 1.29 is 9.47 Å². The minimum atomic E-state index is 0.105. The molecule has 0 aliphatic carbocycles. The highest BCUT2D eigenvalue weighted by Gasteiger charge is 2.37. The number of rotatable bonds is 5. The van der Waals surface area contributed by atoms with Crippen molar-refractivity contribution in [3.05, 3.63) is 22.8 Å². The third-order valence-corrected chi connectivity index (χ3v) is 4.13. The van der Waals surface area contributed by atoms with E-state index in [0.29, 0.717) is 6.54 Å². The van der Waals surface area contributed by atoms with Gasteiger partial charge in [-0.05, 0) is 43.5 Å². The van der Waals surface area contributed by atoms with Gasteiger partial charge in [-0.2, -0.15) is 0 Å². The summed E-state index contributed by atoms with van der Waals surface area (Å²) in [6.45, 7) is 9.31. The summed E-state index contributed by atoms with van der Waals surface area (Å²) in [5.41, 5.74) is 10.7. The molecule has 1 aliphatic heterocycles. The zero-order chi connectivity index (χ0) is 14.0. The summed E-state index contributed by atoms with van der Waals surface area (Å²) in [6.07, 6.45) is 0. The lowest BCUT2D eigenvalue weighted by Crippen LogP contribution is -2.52. The van der Waals surface area contributed by atoms with Crippen LogP contribution in [0.3, 0.4) is 0 Å². The van der Waals surface area contributed by atoms with Gasteiger partial charge in [-0.3, -0.25) is 0 Å². The topological polar surface area (TPSA) is 56.5 Å². The van der Waals surface area contributed by atoms with E-state index in [1.165, 1.54) is 11.1 Å². The van der Waals surface area contributed by atoms with Crippen molar-refractivity contribution in [1.29, 1.82) is 0 Å². The summed E-state index contributed by atoms with van der Waals surface area (Å²) in [6, 6.07) is 2.14. The molecule has 0 unspecified atom stereocenters. The predicted molar refractivity (Wildman–Crippen MR) is 78.0 cm³/mol. The van der Waals surface area contributed by atoms with Gasteiger partial charge in [-0.25, -0.2) is 0 Å². The Kier molecular flexibility index (Phi) is 4.02. The molecule has 1 aliphatic rings. The molecule has 1 aromatic rings. The second kappa shape index (κ2) is 5.39. The summed E-state index contributed by atoms with van der Waals surface area (Å²) < 4.78 is 10.7. The molecule has 106 valence electrons. The molecule has 0 atom stereocenters. The smallest absolute Gasteiger partial charge is 0.125 e. The van der Waals surface area contributed by atoms with E-state index in [-0.39, 0.29) is 5.41 Å². The van der Waals surface area contributed by atoms with Gasteiger partial charge >= 0.3 is 0 Å². The molecule has 1 heterocycles. The van der Waals surface area contributed by atoms with Crippen molar-refractivity contribution in [3.63, 3.8) is 0 Å². The second-order valence-corrected chi connectivity index (χ2v) is 5.57. The van der Waals surface area contributed by atoms with Crippen LogP contribution in [0.5, 0.6) is 5.75 Å². The fraction of sp³-hybridized carbons (Fsp3) is 0.600. The molecule has 0 aromatic heterocycles. The summed E-state index contributed by atoms with van der Waals surface area (Å²) >= 11 is 0. The van der Waals surface area contributed by atoms with Crippen LogP contribution >= 0.6 is 0 Å². The van der Waals surface area contributed by atoms with Crippen LogP contribution in [0.2, 0.25) is 0 Å². The maximum Gasteiger partial charge on any atom is 0.125 e. The number of aryl methyl sites for hydroxylation is 1. The fourth-order valence-corrected chi connectivity index (χ4v) is 2.52. The SMILES string of the molecule is COc1c(C)cc(NCC2(CN)COC2)c(C)c1C. The van der Waals surface area contributed by atoms with Crippen LogP contribution in [-0.2, 0) is 4.74 Å². The molecule has 0 amide bonds. The first-order valence-corrected chi connectivity index (χ1v) is 6.69. The summed E-state index contributed by atoms with van der Waals surface area (Å²) in [7, 11) is 1.72. The van der Waals surface area contributed by atoms with Gasteiger partial charge in [0.05, 0.1) is 20.3 Å².